The van der Waals surface area contributed by atoms with Crippen molar-refractivity contribution in [3.8, 4) is 11.1 Å². The topological polar surface area (TPSA) is 60.1 Å². The summed E-state index contributed by atoms with van der Waals surface area (Å²) in [5.41, 5.74) is 0.558. The largest absolute Gasteiger partial charge is 0.389 e. The van der Waals surface area contributed by atoms with E-state index in [0.29, 0.717) is 33.7 Å². The van der Waals surface area contributed by atoms with Crippen molar-refractivity contribution in [3.63, 3.8) is 0 Å². The first-order valence-corrected chi connectivity index (χ1v) is 11.5. The van der Waals surface area contributed by atoms with Gasteiger partial charge in [0.2, 0.25) is 0 Å². The summed E-state index contributed by atoms with van der Waals surface area (Å²) in [6.45, 7) is 4.08. The SMILES string of the molecule is CC1(C)Nc2cc(F)c(-c3cccc4c(Cl)c[nH]c34)c(F)c2C(NCc2cccs2)[C@H]1O. The number of halogens is 3. The summed E-state index contributed by atoms with van der Waals surface area (Å²) in [6, 6.07) is 9.67. The summed E-state index contributed by atoms with van der Waals surface area (Å²) >= 11 is 7.79. The Kier molecular flexibility index (Phi) is 5.25. The number of H-pyrrole nitrogens is 1. The summed E-state index contributed by atoms with van der Waals surface area (Å²) in [5.74, 6) is -1.39. The molecule has 5 rings (SSSR count). The van der Waals surface area contributed by atoms with Gasteiger partial charge in [-0.3, -0.25) is 0 Å². The molecule has 4 N–H and O–H groups in total. The molecule has 0 saturated heterocycles. The number of aliphatic hydroxyl groups is 1. The maximum Gasteiger partial charge on any atom is 0.140 e. The van der Waals surface area contributed by atoms with Gasteiger partial charge in [0, 0.05) is 39.8 Å². The Labute approximate surface area is 193 Å². The molecule has 1 aliphatic rings. The first kappa shape index (κ1) is 21.4. The van der Waals surface area contributed by atoms with E-state index in [1.807, 2.05) is 31.4 Å². The van der Waals surface area contributed by atoms with Crippen molar-refractivity contribution in [1.82, 2.24) is 10.3 Å². The van der Waals surface area contributed by atoms with Gasteiger partial charge in [-0.05, 0) is 31.4 Å². The second-order valence-corrected chi connectivity index (χ2v) is 10.0. The van der Waals surface area contributed by atoms with Crippen LogP contribution in [0.4, 0.5) is 14.5 Å². The summed E-state index contributed by atoms with van der Waals surface area (Å²) in [5, 5.41) is 20.6. The van der Waals surface area contributed by atoms with Gasteiger partial charge in [0.25, 0.3) is 0 Å². The Morgan fingerprint density at radius 3 is 2.78 bits per heavy atom. The van der Waals surface area contributed by atoms with Crippen LogP contribution in [0.5, 0.6) is 0 Å². The smallest absolute Gasteiger partial charge is 0.140 e. The van der Waals surface area contributed by atoms with Gasteiger partial charge in [-0.2, -0.15) is 0 Å². The molecule has 3 heterocycles. The molecular formula is C24H22ClF2N3OS. The minimum Gasteiger partial charge on any atom is -0.389 e. The lowest BCUT2D eigenvalue weighted by atomic mass is 9.81. The summed E-state index contributed by atoms with van der Waals surface area (Å²) in [7, 11) is 0. The number of thiophene rings is 1. The quantitative estimate of drug-likeness (QED) is 0.284. The van der Waals surface area contributed by atoms with E-state index in [1.165, 1.54) is 6.07 Å². The zero-order chi connectivity index (χ0) is 22.6. The molecule has 0 fully saturated rings. The van der Waals surface area contributed by atoms with Gasteiger partial charge in [-0.1, -0.05) is 35.9 Å². The molecule has 1 unspecified atom stereocenters. The summed E-state index contributed by atoms with van der Waals surface area (Å²) in [6.07, 6.45) is 0.655. The fourth-order valence-electron chi connectivity index (χ4n) is 4.45. The van der Waals surface area contributed by atoms with Crippen molar-refractivity contribution in [2.45, 2.75) is 38.1 Å². The van der Waals surface area contributed by atoms with Crippen molar-refractivity contribution in [2.24, 2.45) is 0 Å². The summed E-state index contributed by atoms with van der Waals surface area (Å²) in [4.78, 5) is 4.08. The standard InChI is InChI=1S/C24H22ClF2N3OS/c1-24(2)23(31)22(28-10-12-5-4-8-32-12)19-17(30-24)9-16(26)18(20(19)27)14-7-3-6-13-15(25)11-29-21(13)14/h3-9,11,22-23,28-31H,10H2,1-2H3/t22?,23-/m1/s1. The van der Waals surface area contributed by atoms with E-state index < -0.39 is 29.3 Å². The van der Waals surface area contributed by atoms with Crippen LogP contribution in [0.1, 0.15) is 30.3 Å². The van der Waals surface area contributed by atoms with E-state index in [4.69, 9.17) is 11.6 Å². The van der Waals surface area contributed by atoms with Crippen molar-refractivity contribution in [2.75, 3.05) is 5.32 Å². The van der Waals surface area contributed by atoms with Crippen molar-refractivity contribution in [1.29, 1.82) is 0 Å². The Morgan fingerprint density at radius 2 is 2.03 bits per heavy atom. The average Bonchev–Trinajstić information content (AvgIpc) is 3.39. The molecule has 2 aromatic heterocycles. The summed E-state index contributed by atoms with van der Waals surface area (Å²) < 4.78 is 31.4. The number of aromatic nitrogens is 1. The number of rotatable bonds is 4. The van der Waals surface area contributed by atoms with Crippen LogP contribution in [-0.4, -0.2) is 21.7 Å². The highest BCUT2D eigenvalue weighted by Crippen LogP contribution is 2.44. The van der Waals surface area contributed by atoms with Crippen LogP contribution in [0.2, 0.25) is 5.02 Å². The highest BCUT2D eigenvalue weighted by atomic mass is 35.5. The van der Waals surface area contributed by atoms with Crippen LogP contribution < -0.4 is 10.6 Å². The number of fused-ring (bicyclic) bond motifs is 2. The molecule has 32 heavy (non-hydrogen) atoms. The highest BCUT2D eigenvalue weighted by molar-refractivity contribution is 7.09. The molecule has 0 saturated carbocycles. The predicted octanol–water partition coefficient (Wildman–Crippen LogP) is 6.22. The minimum atomic E-state index is -0.946. The fraction of sp³-hybridized carbons (Fsp3) is 0.250. The second kappa shape index (κ2) is 7.85. The molecule has 1 aliphatic heterocycles. The van der Waals surface area contributed by atoms with Crippen LogP contribution in [0, 0.1) is 11.6 Å². The van der Waals surface area contributed by atoms with E-state index in [1.54, 1.807) is 35.7 Å². The zero-order valence-corrected chi connectivity index (χ0v) is 19.0. The van der Waals surface area contributed by atoms with Crippen molar-refractivity contribution < 1.29 is 13.9 Å². The maximum atomic E-state index is 16.1. The predicted molar refractivity (Wildman–Crippen MR) is 126 cm³/mol. The minimum absolute atomic E-state index is 0.149. The number of para-hydroxylation sites is 1. The van der Waals surface area contributed by atoms with Gasteiger partial charge in [0.05, 0.1) is 33.8 Å². The van der Waals surface area contributed by atoms with E-state index in [-0.39, 0.29) is 11.1 Å². The van der Waals surface area contributed by atoms with Crippen LogP contribution >= 0.6 is 22.9 Å². The number of benzene rings is 2. The molecule has 2 aromatic carbocycles. The van der Waals surface area contributed by atoms with Crippen LogP contribution in [0.3, 0.4) is 0 Å². The third kappa shape index (κ3) is 3.40. The highest BCUT2D eigenvalue weighted by Gasteiger charge is 2.43. The van der Waals surface area contributed by atoms with Crippen LogP contribution in [0.25, 0.3) is 22.0 Å². The molecule has 2 atom stereocenters. The third-order valence-electron chi connectivity index (χ3n) is 6.09. The van der Waals surface area contributed by atoms with E-state index in [2.05, 4.69) is 15.6 Å². The van der Waals surface area contributed by atoms with Gasteiger partial charge in [-0.15, -0.1) is 11.3 Å². The maximum absolute atomic E-state index is 16.1. The number of hydrogen-bond donors (Lipinski definition) is 4. The monoisotopic (exact) mass is 473 g/mol. The number of aliphatic hydroxyl groups excluding tert-OH is 1. The molecule has 4 aromatic rings. The Hall–Kier alpha value is -2.45. The third-order valence-corrected chi connectivity index (χ3v) is 7.28. The lowest BCUT2D eigenvalue weighted by molar-refractivity contribution is 0.0664. The van der Waals surface area contributed by atoms with Crippen molar-refractivity contribution >= 4 is 39.5 Å². The Balaban J connectivity index is 1.68. The molecular weight excluding hydrogens is 452 g/mol. The van der Waals surface area contributed by atoms with Gasteiger partial charge in [0.15, 0.2) is 0 Å². The van der Waals surface area contributed by atoms with Crippen LogP contribution in [0.15, 0.2) is 48.0 Å². The molecule has 4 nitrogen and oxygen atoms in total. The Morgan fingerprint density at radius 1 is 1.22 bits per heavy atom. The lowest BCUT2D eigenvalue weighted by Crippen LogP contribution is -2.54. The second-order valence-electron chi connectivity index (χ2n) is 8.60. The van der Waals surface area contributed by atoms with E-state index in [9.17, 15) is 5.11 Å². The number of aromatic amines is 1. The van der Waals surface area contributed by atoms with Crippen LogP contribution in [-0.2, 0) is 6.54 Å². The molecule has 8 heteroatoms. The molecule has 0 bridgehead atoms. The normalized spacial score (nSPS) is 19.7. The molecule has 0 aliphatic carbocycles. The van der Waals surface area contributed by atoms with E-state index in [0.717, 1.165) is 4.88 Å². The number of hydrogen-bond acceptors (Lipinski definition) is 4. The number of nitrogens with one attached hydrogen (secondary N) is 3. The van der Waals surface area contributed by atoms with Gasteiger partial charge < -0.3 is 20.7 Å². The molecule has 0 spiro atoms. The van der Waals surface area contributed by atoms with Gasteiger partial charge in [0.1, 0.15) is 11.6 Å². The average molecular weight is 474 g/mol. The first-order chi connectivity index (χ1) is 15.3. The lowest BCUT2D eigenvalue weighted by Gasteiger charge is -2.44. The zero-order valence-electron chi connectivity index (χ0n) is 17.5. The number of anilines is 1. The first-order valence-electron chi connectivity index (χ1n) is 10.3. The van der Waals surface area contributed by atoms with E-state index >= 15 is 8.78 Å². The molecule has 0 radical (unpaired) electrons. The fourth-order valence-corrected chi connectivity index (χ4v) is 5.32. The Bertz CT molecular complexity index is 1300. The van der Waals surface area contributed by atoms with Gasteiger partial charge >= 0.3 is 0 Å². The van der Waals surface area contributed by atoms with Gasteiger partial charge in [-0.25, -0.2) is 8.78 Å². The molecule has 0 amide bonds. The van der Waals surface area contributed by atoms with Crippen molar-refractivity contribution in [3.05, 3.63) is 75.1 Å². The molecule has 166 valence electrons.